The highest BCUT2D eigenvalue weighted by Crippen LogP contribution is 2.29. The summed E-state index contributed by atoms with van der Waals surface area (Å²) in [5.41, 5.74) is 8.57. The van der Waals surface area contributed by atoms with Gasteiger partial charge in [-0.2, -0.15) is 0 Å². The topological polar surface area (TPSA) is 53.1 Å². The molecule has 0 fully saturated rings. The molecule has 110 valence electrons. The average molecular weight is 346 g/mol. The minimum Gasteiger partial charge on any atom is -0.384 e. The van der Waals surface area contributed by atoms with Gasteiger partial charge in [0.2, 0.25) is 0 Å². The van der Waals surface area contributed by atoms with Crippen LogP contribution in [0.5, 0.6) is 0 Å². The Balaban J connectivity index is 2.37. The maximum absolute atomic E-state index is 7.56. The van der Waals surface area contributed by atoms with E-state index in [4.69, 9.17) is 11.1 Å². The molecule has 2 rings (SSSR count). The second-order valence-electron chi connectivity index (χ2n) is 4.92. The van der Waals surface area contributed by atoms with Crippen LogP contribution in [0.25, 0.3) is 0 Å². The summed E-state index contributed by atoms with van der Waals surface area (Å²) in [6.45, 7) is 3.16. The molecule has 0 saturated carbocycles. The van der Waals surface area contributed by atoms with Crippen LogP contribution in [0.3, 0.4) is 0 Å². The predicted octanol–water partition coefficient (Wildman–Crippen LogP) is 4.67. The fraction of sp³-hybridized carbons (Fsp3) is 0.235. The molecular formula is C17H20BrN3. The summed E-state index contributed by atoms with van der Waals surface area (Å²) in [7, 11) is 0. The number of nitrogens with zero attached hydrogens (tertiary/aromatic N) is 1. The number of nitrogens with one attached hydrogen (secondary N) is 1. The van der Waals surface area contributed by atoms with Gasteiger partial charge in [0.25, 0.3) is 0 Å². The number of hydrogen-bond acceptors (Lipinski definition) is 2. The largest absolute Gasteiger partial charge is 0.384 e. The first-order valence-electron chi connectivity index (χ1n) is 7.10. The van der Waals surface area contributed by atoms with E-state index in [0.29, 0.717) is 0 Å². The molecule has 0 radical (unpaired) electrons. The molecule has 0 unspecified atom stereocenters. The number of nitrogen functional groups attached to an aromatic ring is 1. The minimum atomic E-state index is 0.0771. The number of hydrogen-bond donors (Lipinski definition) is 2. The first kappa shape index (κ1) is 15.6. The molecule has 3 nitrogen and oxygen atoms in total. The maximum Gasteiger partial charge on any atom is 0.123 e. The number of para-hydroxylation sites is 1. The van der Waals surface area contributed by atoms with Crippen molar-refractivity contribution in [2.24, 2.45) is 5.73 Å². The van der Waals surface area contributed by atoms with E-state index in [1.807, 2.05) is 36.4 Å². The Morgan fingerprint density at radius 3 is 2.43 bits per heavy atom. The fourth-order valence-electron chi connectivity index (χ4n) is 2.22. The van der Waals surface area contributed by atoms with E-state index in [1.165, 1.54) is 5.69 Å². The number of halogens is 1. The van der Waals surface area contributed by atoms with Crippen LogP contribution in [-0.4, -0.2) is 12.4 Å². The summed E-state index contributed by atoms with van der Waals surface area (Å²) in [6, 6.07) is 16.3. The van der Waals surface area contributed by atoms with Crippen LogP contribution in [0.15, 0.2) is 53.0 Å². The third-order valence-corrected chi connectivity index (χ3v) is 4.01. The van der Waals surface area contributed by atoms with E-state index in [0.717, 1.165) is 35.1 Å². The number of amidine groups is 1. The van der Waals surface area contributed by atoms with Crippen LogP contribution in [-0.2, 0) is 0 Å². The molecule has 4 heteroatoms. The SMILES string of the molecule is CCCCN(c1ccccc1)c1ccc(C(=N)N)c(Br)c1. The molecule has 0 heterocycles. The van der Waals surface area contributed by atoms with Gasteiger partial charge >= 0.3 is 0 Å². The van der Waals surface area contributed by atoms with Gasteiger partial charge in [0.1, 0.15) is 5.84 Å². The Bertz CT molecular complexity index is 611. The lowest BCUT2D eigenvalue weighted by molar-refractivity contribution is 0.785. The van der Waals surface area contributed by atoms with E-state index in [-0.39, 0.29) is 5.84 Å². The van der Waals surface area contributed by atoms with Crippen molar-refractivity contribution in [2.75, 3.05) is 11.4 Å². The minimum absolute atomic E-state index is 0.0771. The molecule has 21 heavy (non-hydrogen) atoms. The molecule has 0 amide bonds. The molecule has 0 aliphatic carbocycles. The van der Waals surface area contributed by atoms with E-state index in [2.05, 4.69) is 39.9 Å². The van der Waals surface area contributed by atoms with E-state index < -0.39 is 0 Å². The molecule has 0 spiro atoms. The number of anilines is 2. The van der Waals surface area contributed by atoms with Gasteiger partial charge in [-0.3, -0.25) is 5.41 Å². The van der Waals surface area contributed by atoms with Crippen LogP contribution in [0.2, 0.25) is 0 Å². The highest BCUT2D eigenvalue weighted by Gasteiger charge is 2.11. The summed E-state index contributed by atoms with van der Waals surface area (Å²) in [5, 5.41) is 7.56. The molecule has 2 aromatic carbocycles. The third kappa shape index (κ3) is 3.85. The average Bonchev–Trinajstić information content (AvgIpc) is 2.48. The van der Waals surface area contributed by atoms with Gasteiger partial charge in [0.15, 0.2) is 0 Å². The molecule has 0 bridgehead atoms. The summed E-state index contributed by atoms with van der Waals surface area (Å²) < 4.78 is 0.852. The number of nitrogens with two attached hydrogens (primary N) is 1. The van der Waals surface area contributed by atoms with Gasteiger partial charge in [-0.15, -0.1) is 0 Å². The highest BCUT2D eigenvalue weighted by molar-refractivity contribution is 9.10. The second-order valence-corrected chi connectivity index (χ2v) is 5.77. The Kier molecular flexibility index (Phi) is 5.39. The van der Waals surface area contributed by atoms with Crippen molar-refractivity contribution in [3.63, 3.8) is 0 Å². The van der Waals surface area contributed by atoms with Crippen LogP contribution in [0.4, 0.5) is 11.4 Å². The lowest BCUT2D eigenvalue weighted by atomic mass is 10.1. The molecule has 2 aromatic rings. The first-order valence-corrected chi connectivity index (χ1v) is 7.89. The zero-order valence-corrected chi connectivity index (χ0v) is 13.7. The predicted molar refractivity (Wildman–Crippen MR) is 93.5 cm³/mol. The molecule has 0 saturated heterocycles. The summed E-state index contributed by atoms with van der Waals surface area (Å²) in [6.07, 6.45) is 2.27. The van der Waals surface area contributed by atoms with Gasteiger partial charge in [0, 0.05) is 28.0 Å². The van der Waals surface area contributed by atoms with Crippen molar-refractivity contribution >= 4 is 33.1 Å². The third-order valence-electron chi connectivity index (χ3n) is 3.36. The van der Waals surface area contributed by atoms with Crippen LogP contribution < -0.4 is 10.6 Å². The van der Waals surface area contributed by atoms with Gasteiger partial charge in [0.05, 0.1) is 0 Å². The van der Waals surface area contributed by atoms with Crippen molar-refractivity contribution < 1.29 is 0 Å². The van der Waals surface area contributed by atoms with Crippen LogP contribution in [0, 0.1) is 5.41 Å². The van der Waals surface area contributed by atoms with Crippen LogP contribution in [0.1, 0.15) is 25.3 Å². The smallest absolute Gasteiger partial charge is 0.123 e. The number of benzene rings is 2. The van der Waals surface area contributed by atoms with Crippen molar-refractivity contribution in [2.45, 2.75) is 19.8 Å². The zero-order valence-electron chi connectivity index (χ0n) is 12.1. The van der Waals surface area contributed by atoms with Gasteiger partial charge in [-0.1, -0.05) is 31.5 Å². The van der Waals surface area contributed by atoms with Gasteiger partial charge in [-0.05, 0) is 52.7 Å². The maximum atomic E-state index is 7.56. The molecule has 0 aliphatic heterocycles. The summed E-state index contributed by atoms with van der Waals surface area (Å²) in [5.74, 6) is 0.0771. The lowest BCUT2D eigenvalue weighted by Gasteiger charge is -2.25. The van der Waals surface area contributed by atoms with Gasteiger partial charge < -0.3 is 10.6 Å². The van der Waals surface area contributed by atoms with E-state index in [9.17, 15) is 0 Å². The highest BCUT2D eigenvalue weighted by atomic mass is 79.9. The lowest BCUT2D eigenvalue weighted by Crippen LogP contribution is -2.19. The van der Waals surface area contributed by atoms with Crippen molar-refractivity contribution in [3.8, 4) is 0 Å². The van der Waals surface area contributed by atoms with E-state index >= 15 is 0 Å². The zero-order chi connectivity index (χ0) is 15.2. The molecule has 0 aromatic heterocycles. The first-order chi connectivity index (χ1) is 10.1. The molecule has 3 N–H and O–H groups in total. The Morgan fingerprint density at radius 2 is 1.86 bits per heavy atom. The van der Waals surface area contributed by atoms with Crippen molar-refractivity contribution in [1.29, 1.82) is 5.41 Å². The quantitative estimate of drug-likeness (QED) is 0.590. The standard InChI is InChI=1S/C17H20BrN3/c1-2-3-11-21(13-7-5-4-6-8-13)14-9-10-15(17(19)20)16(18)12-14/h4-10,12H,2-3,11H2,1H3,(H3,19,20). The Morgan fingerprint density at radius 1 is 1.14 bits per heavy atom. The van der Waals surface area contributed by atoms with Crippen LogP contribution >= 0.6 is 15.9 Å². The van der Waals surface area contributed by atoms with Crippen molar-refractivity contribution in [1.82, 2.24) is 0 Å². The normalized spacial score (nSPS) is 10.4. The fourth-order valence-corrected chi connectivity index (χ4v) is 2.80. The van der Waals surface area contributed by atoms with Gasteiger partial charge in [-0.25, -0.2) is 0 Å². The summed E-state index contributed by atoms with van der Waals surface area (Å²) >= 11 is 3.51. The second kappa shape index (κ2) is 7.27. The summed E-state index contributed by atoms with van der Waals surface area (Å²) in [4.78, 5) is 2.29. The molecule has 0 atom stereocenters. The molecule has 0 aliphatic rings. The molecular weight excluding hydrogens is 326 g/mol. The Labute approximate surface area is 134 Å². The number of rotatable bonds is 6. The van der Waals surface area contributed by atoms with E-state index in [1.54, 1.807) is 0 Å². The number of unbranched alkanes of at least 4 members (excludes halogenated alkanes) is 1. The monoisotopic (exact) mass is 345 g/mol. The van der Waals surface area contributed by atoms with Crippen molar-refractivity contribution in [3.05, 3.63) is 58.6 Å². The Hall–Kier alpha value is -1.81.